The lowest BCUT2D eigenvalue weighted by atomic mass is 10.2. The second-order valence-electron chi connectivity index (χ2n) is 7.35. The van der Waals surface area contributed by atoms with E-state index in [1.165, 1.54) is 5.56 Å². The average molecular weight is 456 g/mol. The number of hydrogen-bond donors (Lipinski definition) is 0. The highest BCUT2D eigenvalue weighted by Crippen LogP contribution is 2.31. The van der Waals surface area contributed by atoms with Gasteiger partial charge in [0.05, 0.1) is 16.4 Å². The van der Waals surface area contributed by atoms with Crippen molar-refractivity contribution in [1.29, 1.82) is 0 Å². The summed E-state index contributed by atoms with van der Waals surface area (Å²) in [7, 11) is 0. The molecular formula is C25H21N5S2. The first-order valence-electron chi connectivity index (χ1n) is 10.3. The first-order valence-corrected chi connectivity index (χ1v) is 12.2. The number of hydrogen-bond acceptors (Lipinski definition) is 6. The number of pyridine rings is 1. The van der Waals surface area contributed by atoms with E-state index in [0.717, 1.165) is 50.7 Å². The molecular weight excluding hydrogens is 434 g/mol. The molecule has 158 valence electrons. The maximum Gasteiger partial charge on any atom is 0.196 e. The quantitative estimate of drug-likeness (QED) is 0.283. The van der Waals surface area contributed by atoms with Gasteiger partial charge in [-0.1, -0.05) is 60.3 Å². The van der Waals surface area contributed by atoms with Gasteiger partial charge in [-0.05, 0) is 36.2 Å². The SMILES string of the molecule is Cc1ccccc1-n1c(SCc2csc(Cc3ccccc3)n2)nnc1-c1cccnc1. The van der Waals surface area contributed by atoms with Crippen LogP contribution in [0.2, 0.25) is 0 Å². The highest BCUT2D eigenvalue weighted by Gasteiger charge is 2.18. The minimum Gasteiger partial charge on any atom is -0.270 e. The fourth-order valence-electron chi connectivity index (χ4n) is 3.48. The number of thiazole rings is 1. The van der Waals surface area contributed by atoms with Crippen LogP contribution in [0.5, 0.6) is 0 Å². The van der Waals surface area contributed by atoms with E-state index in [9.17, 15) is 0 Å². The molecule has 5 nitrogen and oxygen atoms in total. The van der Waals surface area contributed by atoms with Gasteiger partial charge in [-0.15, -0.1) is 21.5 Å². The molecule has 0 aliphatic carbocycles. The summed E-state index contributed by atoms with van der Waals surface area (Å²) >= 11 is 3.36. The monoisotopic (exact) mass is 455 g/mol. The van der Waals surface area contributed by atoms with Gasteiger partial charge in [-0.25, -0.2) is 4.98 Å². The van der Waals surface area contributed by atoms with Crippen LogP contribution in [0.25, 0.3) is 17.1 Å². The maximum atomic E-state index is 4.84. The molecule has 0 bridgehead atoms. The Morgan fingerprint density at radius 3 is 2.59 bits per heavy atom. The van der Waals surface area contributed by atoms with Gasteiger partial charge in [-0.3, -0.25) is 9.55 Å². The fourth-order valence-corrected chi connectivity index (χ4v) is 5.25. The van der Waals surface area contributed by atoms with Crippen molar-refractivity contribution in [2.45, 2.75) is 24.3 Å². The van der Waals surface area contributed by atoms with Crippen LogP contribution in [0, 0.1) is 6.92 Å². The summed E-state index contributed by atoms with van der Waals surface area (Å²) in [6, 6.07) is 22.7. The van der Waals surface area contributed by atoms with Crippen LogP contribution in [-0.2, 0) is 12.2 Å². The predicted octanol–water partition coefficient (Wildman–Crippen LogP) is 5.98. The van der Waals surface area contributed by atoms with Gasteiger partial charge >= 0.3 is 0 Å². The Bertz CT molecular complexity index is 1310. The van der Waals surface area contributed by atoms with Crippen LogP contribution < -0.4 is 0 Å². The van der Waals surface area contributed by atoms with Crippen molar-refractivity contribution in [3.05, 3.63) is 106 Å². The smallest absolute Gasteiger partial charge is 0.196 e. The van der Waals surface area contributed by atoms with E-state index >= 15 is 0 Å². The zero-order chi connectivity index (χ0) is 21.8. The van der Waals surface area contributed by atoms with Crippen molar-refractivity contribution in [2.24, 2.45) is 0 Å². The number of benzene rings is 2. The van der Waals surface area contributed by atoms with E-state index in [4.69, 9.17) is 4.98 Å². The lowest BCUT2D eigenvalue weighted by Gasteiger charge is -2.12. The number of para-hydroxylation sites is 1. The van der Waals surface area contributed by atoms with Crippen LogP contribution in [0.3, 0.4) is 0 Å². The molecule has 3 heterocycles. The van der Waals surface area contributed by atoms with E-state index in [1.807, 2.05) is 36.5 Å². The summed E-state index contributed by atoms with van der Waals surface area (Å²) < 4.78 is 2.12. The predicted molar refractivity (Wildman–Crippen MR) is 130 cm³/mol. The van der Waals surface area contributed by atoms with Gasteiger partial charge in [-0.2, -0.15) is 0 Å². The fraction of sp³-hybridized carbons (Fsp3) is 0.120. The van der Waals surface area contributed by atoms with Crippen LogP contribution in [0.1, 0.15) is 21.8 Å². The maximum absolute atomic E-state index is 4.84. The third-order valence-corrected chi connectivity index (χ3v) is 6.92. The molecule has 5 aromatic rings. The summed E-state index contributed by atoms with van der Waals surface area (Å²) in [6.07, 6.45) is 4.45. The molecule has 0 saturated carbocycles. The molecule has 32 heavy (non-hydrogen) atoms. The topological polar surface area (TPSA) is 56.5 Å². The molecule has 3 aromatic heterocycles. The van der Waals surface area contributed by atoms with Crippen LogP contribution in [0.4, 0.5) is 0 Å². The second kappa shape index (κ2) is 9.46. The van der Waals surface area contributed by atoms with E-state index in [2.05, 4.69) is 68.5 Å². The molecule has 0 aliphatic heterocycles. The number of thioether (sulfide) groups is 1. The highest BCUT2D eigenvalue weighted by atomic mass is 32.2. The molecule has 2 aromatic carbocycles. The largest absolute Gasteiger partial charge is 0.270 e. The van der Waals surface area contributed by atoms with Crippen molar-refractivity contribution < 1.29 is 0 Å². The molecule has 7 heteroatoms. The lowest BCUT2D eigenvalue weighted by Crippen LogP contribution is -2.02. The minimum absolute atomic E-state index is 0.738. The third kappa shape index (κ3) is 4.49. The molecule has 5 rings (SSSR count). The Labute approximate surface area is 195 Å². The third-order valence-electron chi connectivity index (χ3n) is 5.06. The normalized spacial score (nSPS) is 11.0. The Morgan fingerprint density at radius 1 is 0.938 bits per heavy atom. The molecule has 0 unspecified atom stereocenters. The van der Waals surface area contributed by atoms with Gasteiger partial charge in [0.2, 0.25) is 0 Å². The Hall–Kier alpha value is -3.29. The summed E-state index contributed by atoms with van der Waals surface area (Å²) in [5.41, 5.74) is 5.52. The van der Waals surface area contributed by atoms with Gasteiger partial charge in [0.25, 0.3) is 0 Å². The van der Waals surface area contributed by atoms with Crippen LogP contribution in [0.15, 0.2) is 89.7 Å². The molecule has 0 radical (unpaired) electrons. The Balaban J connectivity index is 1.41. The zero-order valence-corrected chi connectivity index (χ0v) is 19.2. The van der Waals surface area contributed by atoms with Crippen molar-refractivity contribution in [1.82, 2.24) is 24.7 Å². The van der Waals surface area contributed by atoms with Gasteiger partial charge in [0.15, 0.2) is 11.0 Å². The second-order valence-corrected chi connectivity index (χ2v) is 9.24. The molecule has 0 fully saturated rings. The molecule has 0 atom stereocenters. The van der Waals surface area contributed by atoms with Crippen molar-refractivity contribution >= 4 is 23.1 Å². The Kier molecular flexibility index (Phi) is 6.09. The molecule has 0 aliphatic rings. The average Bonchev–Trinajstić information content (AvgIpc) is 3.46. The first-order chi connectivity index (χ1) is 15.8. The molecule has 0 saturated heterocycles. The standard InChI is InChI=1S/C25H21N5S2/c1-18-8-5-6-12-22(18)30-24(20-11-7-13-26-15-20)28-29-25(30)32-17-21-16-31-23(27-21)14-19-9-3-2-4-10-19/h2-13,15-16H,14,17H2,1H3. The number of nitrogens with zero attached hydrogens (tertiary/aromatic N) is 5. The first kappa shape index (κ1) is 20.6. The van der Waals surface area contributed by atoms with Crippen molar-refractivity contribution in [3.63, 3.8) is 0 Å². The van der Waals surface area contributed by atoms with Crippen molar-refractivity contribution in [2.75, 3.05) is 0 Å². The summed E-state index contributed by atoms with van der Waals surface area (Å²) in [6.45, 7) is 2.10. The van der Waals surface area contributed by atoms with Gasteiger partial charge < -0.3 is 0 Å². The Morgan fingerprint density at radius 2 is 1.78 bits per heavy atom. The van der Waals surface area contributed by atoms with Gasteiger partial charge in [0.1, 0.15) is 0 Å². The number of aromatic nitrogens is 5. The van der Waals surface area contributed by atoms with Crippen LogP contribution >= 0.6 is 23.1 Å². The number of rotatable bonds is 7. The van der Waals surface area contributed by atoms with Crippen LogP contribution in [-0.4, -0.2) is 24.7 Å². The lowest BCUT2D eigenvalue weighted by molar-refractivity contribution is 0.879. The highest BCUT2D eigenvalue weighted by molar-refractivity contribution is 7.98. The molecule has 0 spiro atoms. The summed E-state index contributed by atoms with van der Waals surface area (Å²) in [5.74, 6) is 1.53. The molecule has 0 N–H and O–H groups in total. The summed E-state index contributed by atoms with van der Waals surface area (Å²) in [4.78, 5) is 9.10. The minimum atomic E-state index is 0.738. The summed E-state index contributed by atoms with van der Waals surface area (Å²) in [5, 5.41) is 13.1. The van der Waals surface area contributed by atoms with E-state index in [-0.39, 0.29) is 0 Å². The van der Waals surface area contributed by atoms with Gasteiger partial charge in [0, 0.05) is 35.5 Å². The zero-order valence-electron chi connectivity index (χ0n) is 17.5. The van der Waals surface area contributed by atoms with E-state index < -0.39 is 0 Å². The van der Waals surface area contributed by atoms with E-state index in [0.29, 0.717) is 0 Å². The number of aryl methyl sites for hydroxylation is 1. The van der Waals surface area contributed by atoms with E-state index in [1.54, 1.807) is 29.3 Å². The molecule has 0 amide bonds. The van der Waals surface area contributed by atoms with Crippen molar-refractivity contribution in [3.8, 4) is 17.1 Å².